The van der Waals surface area contributed by atoms with Crippen molar-refractivity contribution in [2.24, 2.45) is 0 Å². The molecule has 0 spiro atoms. The molecule has 4 rings (SSSR count). The van der Waals surface area contributed by atoms with E-state index in [0.29, 0.717) is 27.1 Å². The molecule has 0 radical (unpaired) electrons. The number of fused-ring (bicyclic) bond motifs is 3. The summed E-state index contributed by atoms with van der Waals surface area (Å²) in [4.78, 5) is 12.5. The first-order valence-electron chi connectivity index (χ1n) is 8.35. The lowest BCUT2D eigenvalue weighted by Crippen LogP contribution is -2.30. The lowest BCUT2D eigenvalue weighted by Gasteiger charge is -2.15. The fraction of sp³-hybridized carbons (Fsp3) is 0.0952. The third kappa shape index (κ3) is 3.59. The van der Waals surface area contributed by atoms with Gasteiger partial charge in [-0.15, -0.1) is 0 Å². The van der Waals surface area contributed by atoms with Crippen LogP contribution in [0.2, 0.25) is 10.0 Å². The first-order valence-corrected chi connectivity index (χ1v) is 9.11. The van der Waals surface area contributed by atoms with Crippen molar-refractivity contribution in [3.63, 3.8) is 0 Å². The lowest BCUT2D eigenvalue weighted by molar-refractivity contribution is -0.122. The van der Waals surface area contributed by atoms with Crippen LogP contribution in [0.25, 0.3) is 21.9 Å². The normalized spacial score (nSPS) is 12.3. The number of amides is 1. The number of hydrogen-bond acceptors (Lipinski definition) is 3. The summed E-state index contributed by atoms with van der Waals surface area (Å²) in [6.45, 7) is 1.65. The molecular weight excluding hydrogens is 385 g/mol. The minimum absolute atomic E-state index is 0.295. The van der Waals surface area contributed by atoms with Crippen molar-refractivity contribution >= 4 is 56.7 Å². The van der Waals surface area contributed by atoms with Gasteiger partial charge < -0.3 is 14.5 Å². The molecule has 0 fully saturated rings. The molecule has 1 amide bonds. The molecule has 0 aliphatic carbocycles. The molecule has 1 heterocycles. The summed E-state index contributed by atoms with van der Waals surface area (Å²) >= 11 is 12.0. The third-order valence-electron chi connectivity index (χ3n) is 4.21. The van der Waals surface area contributed by atoms with Gasteiger partial charge in [0.25, 0.3) is 5.91 Å². The highest BCUT2D eigenvalue weighted by Crippen LogP contribution is 2.31. The second kappa shape index (κ2) is 7.14. The van der Waals surface area contributed by atoms with Crippen LogP contribution in [-0.2, 0) is 4.79 Å². The van der Waals surface area contributed by atoms with Crippen LogP contribution in [-0.4, -0.2) is 12.0 Å². The summed E-state index contributed by atoms with van der Waals surface area (Å²) in [7, 11) is 0. The Bertz CT molecular complexity index is 1150. The molecule has 136 valence electrons. The quantitative estimate of drug-likeness (QED) is 0.438. The Hall–Kier alpha value is -2.69. The Kier molecular flexibility index (Phi) is 4.68. The van der Waals surface area contributed by atoms with E-state index in [1.165, 1.54) is 0 Å². The SMILES string of the molecule is C[C@H](Oc1ccc(Cl)cc1Cl)C(=O)Nc1ccc2c(c1)oc1ccccc12. The zero-order chi connectivity index (χ0) is 19.0. The van der Waals surface area contributed by atoms with E-state index < -0.39 is 6.10 Å². The molecule has 6 heteroatoms. The van der Waals surface area contributed by atoms with Gasteiger partial charge in [0, 0.05) is 27.5 Å². The second-order valence-corrected chi connectivity index (χ2v) is 6.98. The summed E-state index contributed by atoms with van der Waals surface area (Å²) in [6.07, 6.45) is -0.741. The van der Waals surface area contributed by atoms with Crippen LogP contribution >= 0.6 is 23.2 Å². The average molecular weight is 400 g/mol. The van der Waals surface area contributed by atoms with Crippen LogP contribution in [0, 0.1) is 0 Å². The molecule has 27 heavy (non-hydrogen) atoms. The number of anilines is 1. The van der Waals surface area contributed by atoms with Crippen molar-refractivity contribution in [1.29, 1.82) is 0 Å². The number of hydrogen-bond donors (Lipinski definition) is 1. The van der Waals surface area contributed by atoms with E-state index in [9.17, 15) is 4.79 Å². The topological polar surface area (TPSA) is 51.5 Å². The van der Waals surface area contributed by atoms with E-state index in [4.69, 9.17) is 32.4 Å². The second-order valence-electron chi connectivity index (χ2n) is 6.13. The number of ether oxygens (including phenoxy) is 1. The molecule has 0 saturated heterocycles. The summed E-state index contributed by atoms with van der Waals surface area (Å²) in [5.74, 6) is 0.105. The minimum Gasteiger partial charge on any atom is -0.479 e. The van der Waals surface area contributed by atoms with Crippen molar-refractivity contribution in [2.45, 2.75) is 13.0 Å². The summed E-state index contributed by atoms with van der Waals surface area (Å²) in [5.41, 5.74) is 2.15. The van der Waals surface area contributed by atoms with E-state index in [-0.39, 0.29) is 5.91 Å². The molecule has 0 aliphatic heterocycles. The van der Waals surface area contributed by atoms with Crippen molar-refractivity contribution in [3.05, 3.63) is 70.7 Å². The largest absolute Gasteiger partial charge is 0.479 e. The van der Waals surface area contributed by atoms with Gasteiger partial charge in [0.15, 0.2) is 6.10 Å². The molecule has 0 bridgehead atoms. The Morgan fingerprint density at radius 2 is 1.78 bits per heavy atom. The molecule has 0 saturated carbocycles. The van der Waals surface area contributed by atoms with Gasteiger partial charge in [0.1, 0.15) is 16.9 Å². The molecular formula is C21H15Cl2NO3. The first-order chi connectivity index (χ1) is 13.0. The van der Waals surface area contributed by atoms with E-state index in [1.807, 2.05) is 36.4 Å². The maximum absolute atomic E-state index is 12.5. The van der Waals surface area contributed by atoms with Gasteiger partial charge in [0.05, 0.1) is 5.02 Å². The van der Waals surface area contributed by atoms with Crippen LogP contribution < -0.4 is 10.1 Å². The average Bonchev–Trinajstić information content (AvgIpc) is 3.01. The Balaban J connectivity index is 1.52. The molecule has 4 nitrogen and oxygen atoms in total. The Morgan fingerprint density at radius 3 is 2.59 bits per heavy atom. The van der Waals surface area contributed by atoms with Gasteiger partial charge in [-0.2, -0.15) is 0 Å². The van der Waals surface area contributed by atoms with E-state index >= 15 is 0 Å². The molecule has 3 aromatic carbocycles. The highest BCUT2D eigenvalue weighted by atomic mass is 35.5. The standard InChI is InChI=1S/C21H15Cl2NO3/c1-12(26-19-9-6-13(22)10-17(19)23)21(25)24-14-7-8-16-15-4-2-3-5-18(15)27-20(16)11-14/h2-12H,1H3,(H,24,25)/t12-/m0/s1. The monoisotopic (exact) mass is 399 g/mol. The van der Waals surface area contributed by atoms with Crippen molar-refractivity contribution in [3.8, 4) is 5.75 Å². The molecule has 1 aromatic heterocycles. The number of rotatable bonds is 4. The Labute approximate surface area is 165 Å². The number of carbonyl (C=O) groups excluding carboxylic acids is 1. The molecule has 0 unspecified atom stereocenters. The lowest BCUT2D eigenvalue weighted by atomic mass is 10.1. The smallest absolute Gasteiger partial charge is 0.265 e. The van der Waals surface area contributed by atoms with Gasteiger partial charge in [-0.1, -0.05) is 41.4 Å². The van der Waals surface area contributed by atoms with Crippen LogP contribution in [0.15, 0.2) is 65.1 Å². The zero-order valence-corrected chi connectivity index (χ0v) is 15.8. The van der Waals surface area contributed by atoms with Gasteiger partial charge in [0.2, 0.25) is 0 Å². The number of benzene rings is 3. The fourth-order valence-corrected chi connectivity index (χ4v) is 3.32. The van der Waals surface area contributed by atoms with E-state index in [1.54, 1.807) is 31.2 Å². The molecule has 1 N–H and O–H groups in total. The summed E-state index contributed by atoms with van der Waals surface area (Å²) in [5, 5.41) is 5.73. The number of nitrogens with one attached hydrogen (secondary N) is 1. The molecule has 1 atom stereocenters. The fourth-order valence-electron chi connectivity index (χ4n) is 2.86. The highest BCUT2D eigenvalue weighted by Gasteiger charge is 2.17. The third-order valence-corrected chi connectivity index (χ3v) is 4.74. The van der Waals surface area contributed by atoms with Crippen LogP contribution in [0.5, 0.6) is 5.75 Å². The predicted molar refractivity (Wildman–Crippen MR) is 109 cm³/mol. The van der Waals surface area contributed by atoms with Gasteiger partial charge >= 0.3 is 0 Å². The number of carbonyl (C=O) groups is 1. The molecule has 4 aromatic rings. The summed E-state index contributed by atoms with van der Waals surface area (Å²) < 4.78 is 11.5. The number of furan rings is 1. The van der Waals surface area contributed by atoms with Crippen LogP contribution in [0.4, 0.5) is 5.69 Å². The number of para-hydroxylation sites is 1. The minimum atomic E-state index is -0.741. The van der Waals surface area contributed by atoms with Crippen molar-refractivity contribution < 1.29 is 13.9 Å². The summed E-state index contributed by atoms with van der Waals surface area (Å²) in [6, 6.07) is 18.2. The first kappa shape index (κ1) is 17.7. The predicted octanol–water partition coefficient (Wildman–Crippen LogP) is 6.30. The van der Waals surface area contributed by atoms with E-state index in [0.717, 1.165) is 16.4 Å². The number of halogens is 2. The Morgan fingerprint density at radius 1 is 1.00 bits per heavy atom. The molecule has 0 aliphatic rings. The maximum atomic E-state index is 12.5. The maximum Gasteiger partial charge on any atom is 0.265 e. The highest BCUT2D eigenvalue weighted by molar-refractivity contribution is 6.35. The van der Waals surface area contributed by atoms with E-state index in [2.05, 4.69) is 5.32 Å². The zero-order valence-electron chi connectivity index (χ0n) is 14.3. The van der Waals surface area contributed by atoms with Gasteiger partial charge in [-0.05, 0) is 43.3 Å². The van der Waals surface area contributed by atoms with Gasteiger partial charge in [-0.25, -0.2) is 0 Å². The van der Waals surface area contributed by atoms with Crippen LogP contribution in [0.3, 0.4) is 0 Å². The van der Waals surface area contributed by atoms with Gasteiger partial charge in [-0.3, -0.25) is 4.79 Å². The van der Waals surface area contributed by atoms with Crippen LogP contribution in [0.1, 0.15) is 6.92 Å². The van der Waals surface area contributed by atoms with Crippen molar-refractivity contribution in [2.75, 3.05) is 5.32 Å². The van der Waals surface area contributed by atoms with Crippen molar-refractivity contribution in [1.82, 2.24) is 0 Å².